The summed E-state index contributed by atoms with van der Waals surface area (Å²) >= 11 is 0. The Hall–Kier alpha value is -1.09. The molecular weight excluding hydrogens is 222 g/mol. The van der Waals surface area contributed by atoms with Gasteiger partial charge >= 0.3 is 0 Å². The van der Waals surface area contributed by atoms with Crippen molar-refractivity contribution < 1.29 is 0 Å². The number of hydrogen-bond acceptors (Lipinski definition) is 3. The van der Waals surface area contributed by atoms with Crippen molar-refractivity contribution in [2.24, 2.45) is 5.41 Å². The Bertz CT molecular complexity index is 385. The zero-order chi connectivity index (χ0) is 13.0. The summed E-state index contributed by atoms with van der Waals surface area (Å²) < 4.78 is 0. The molecule has 3 heteroatoms. The second-order valence-corrected chi connectivity index (χ2v) is 5.43. The first-order valence-corrected chi connectivity index (χ1v) is 7.07. The molecule has 1 aliphatic heterocycles. The molecule has 0 spiro atoms. The van der Waals surface area contributed by atoms with Gasteiger partial charge in [0.05, 0.1) is 5.69 Å². The summed E-state index contributed by atoms with van der Waals surface area (Å²) in [5, 5.41) is 3.10. The van der Waals surface area contributed by atoms with Crippen LogP contribution in [0.5, 0.6) is 0 Å². The molecule has 1 N–H and O–H groups in total. The van der Waals surface area contributed by atoms with Crippen LogP contribution in [-0.2, 0) is 6.54 Å². The van der Waals surface area contributed by atoms with Crippen molar-refractivity contribution in [1.29, 1.82) is 0 Å². The minimum Gasteiger partial charge on any atom is -0.373 e. The van der Waals surface area contributed by atoms with Gasteiger partial charge in [-0.25, -0.2) is 4.98 Å². The van der Waals surface area contributed by atoms with Gasteiger partial charge in [-0.2, -0.15) is 0 Å². The first-order chi connectivity index (χ1) is 8.71. The number of rotatable bonds is 5. The quantitative estimate of drug-likeness (QED) is 0.866. The predicted molar refractivity (Wildman–Crippen MR) is 76.7 cm³/mol. The lowest BCUT2D eigenvalue weighted by Crippen LogP contribution is -2.26. The lowest BCUT2D eigenvalue weighted by Gasteiger charge is -2.26. The van der Waals surface area contributed by atoms with E-state index in [-0.39, 0.29) is 0 Å². The third-order valence-corrected chi connectivity index (χ3v) is 4.47. The van der Waals surface area contributed by atoms with E-state index in [9.17, 15) is 0 Å². The third-order valence-electron chi connectivity index (χ3n) is 4.47. The zero-order valence-corrected chi connectivity index (χ0v) is 11.9. The van der Waals surface area contributed by atoms with Crippen LogP contribution < -0.4 is 5.32 Å². The molecule has 0 aliphatic carbocycles. The highest BCUT2D eigenvalue weighted by molar-refractivity contribution is 5.34. The van der Waals surface area contributed by atoms with Crippen LogP contribution in [0.25, 0.3) is 0 Å². The largest absolute Gasteiger partial charge is 0.373 e. The van der Waals surface area contributed by atoms with Crippen molar-refractivity contribution in [3.05, 3.63) is 23.9 Å². The number of anilines is 1. The van der Waals surface area contributed by atoms with E-state index < -0.39 is 0 Å². The summed E-state index contributed by atoms with van der Waals surface area (Å²) in [7, 11) is 1.92. The molecular formula is C15H25N3. The van der Waals surface area contributed by atoms with E-state index in [1.165, 1.54) is 38.0 Å². The van der Waals surface area contributed by atoms with Crippen molar-refractivity contribution in [3.8, 4) is 0 Å². The van der Waals surface area contributed by atoms with Crippen molar-refractivity contribution in [3.63, 3.8) is 0 Å². The van der Waals surface area contributed by atoms with Crippen molar-refractivity contribution >= 4 is 5.82 Å². The van der Waals surface area contributed by atoms with Gasteiger partial charge in [0.25, 0.3) is 0 Å². The minimum absolute atomic E-state index is 0.556. The highest BCUT2D eigenvalue weighted by Crippen LogP contribution is 2.37. The van der Waals surface area contributed by atoms with E-state index in [2.05, 4.69) is 41.2 Å². The molecule has 1 fully saturated rings. The van der Waals surface area contributed by atoms with Crippen molar-refractivity contribution in [1.82, 2.24) is 9.88 Å². The summed E-state index contributed by atoms with van der Waals surface area (Å²) in [6.45, 7) is 8.08. The molecule has 0 amide bonds. The fourth-order valence-corrected chi connectivity index (χ4v) is 2.93. The first kappa shape index (κ1) is 13.3. The van der Waals surface area contributed by atoms with Crippen LogP contribution in [-0.4, -0.2) is 30.0 Å². The van der Waals surface area contributed by atoms with Crippen molar-refractivity contribution in [2.45, 2.75) is 39.7 Å². The standard InChI is InChI=1S/C15H25N3/c1-4-15(5-2)9-10-18(12-15)11-13-7-6-8-14(16-3)17-13/h6-8H,4-5,9-12H2,1-3H3,(H,16,17). The third kappa shape index (κ3) is 2.83. The molecule has 0 bridgehead atoms. The van der Waals surface area contributed by atoms with Gasteiger partial charge in [0.2, 0.25) is 0 Å². The van der Waals surface area contributed by atoms with Gasteiger partial charge in [-0.15, -0.1) is 0 Å². The highest BCUT2D eigenvalue weighted by atomic mass is 15.2. The molecule has 1 aromatic rings. The number of aromatic nitrogens is 1. The van der Waals surface area contributed by atoms with E-state index in [0.29, 0.717) is 5.41 Å². The molecule has 0 radical (unpaired) electrons. The molecule has 0 aromatic carbocycles. The molecule has 1 aliphatic rings. The maximum Gasteiger partial charge on any atom is 0.126 e. The van der Waals surface area contributed by atoms with Gasteiger partial charge in [-0.1, -0.05) is 19.9 Å². The Morgan fingerprint density at radius 2 is 2.11 bits per heavy atom. The molecule has 1 aromatic heterocycles. The van der Waals surface area contributed by atoms with Crippen molar-refractivity contribution in [2.75, 3.05) is 25.5 Å². The maximum absolute atomic E-state index is 4.60. The number of likely N-dealkylation sites (tertiary alicyclic amines) is 1. The predicted octanol–water partition coefficient (Wildman–Crippen LogP) is 3.14. The Kier molecular flexibility index (Phi) is 4.23. The molecule has 0 saturated carbocycles. The fourth-order valence-electron chi connectivity index (χ4n) is 2.93. The lowest BCUT2D eigenvalue weighted by atomic mass is 9.82. The van der Waals surface area contributed by atoms with Gasteiger partial charge in [0.15, 0.2) is 0 Å². The SMILES string of the molecule is CCC1(CC)CCN(Cc2cccc(NC)n2)C1. The minimum atomic E-state index is 0.556. The smallest absolute Gasteiger partial charge is 0.126 e. The second-order valence-electron chi connectivity index (χ2n) is 5.43. The van der Waals surface area contributed by atoms with Gasteiger partial charge < -0.3 is 5.32 Å². The molecule has 1 saturated heterocycles. The van der Waals surface area contributed by atoms with Crippen LogP contribution in [0.2, 0.25) is 0 Å². The summed E-state index contributed by atoms with van der Waals surface area (Å²) in [6, 6.07) is 6.21. The highest BCUT2D eigenvalue weighted by Gasteiger charge is 2.34. The summed E-state index contributed by atoms with van der Waals surface area (Å²) in [4.78, 5) is 7.15. The van der Waals surface area contributed by atoms with Crippen LogP contribution in [0.3, 0.4) is 0 Å². The molecule has 2 rings (SSSR count). The van der Waals surface area contributed by atoms with E-state index in [1.807, 2.05) is 13.1 Å². The average molecular weight is 247 g/mol. The van der Waals surface area contributed by atoms with Crippen LogP contribution >= 0.6 is 0 Å². The summed E-state index contributed by atoms with van der Waals surface area (Å²) in [6.07, 6.45) is 3.93. The Morgan fingerprint density at radius 3 is 2.72 bits per heavy atom. The van der Waals surface area contributed by atoms with Gasteiger partial charge in [-0.3, -0.25) is 4.90 Å². The molecule has 3 nitrogen and oxygen atoms in total. The first-order valence-electron chi connectivity index (χ1n) is 7.07. The van der Waals surface area contributed by atoms with Gasteiger partial charge in [0.1, 0.15) is 5.82 Å². The topological polar surface area (TPSA) is 28.2 Å². The Morgan fingerprint density at radius 1 is 1.33 bits per heavy atom. The number of pyridine rings is 1. The second kappa shape index (κ2) is 5.70. The maximum atomic E-state index is 4.60. The number of nitrogens with one attached hydrogen (secondary N) is 1. The number of hydrogen-bond donors (Lipinski definition) is 1. The monoisotopic (exact) mass is 247 g/mol. The van der Waals surface area contributed by atoms with E-state index in [0.717, 1.165) is 12.4 Å². The van der Waals surface area contributed by atoms with E-state index >= 15 is 0 Å². The van der Waals surface area contributed by atoms with Gasteiger partial charge in [0, 0.05) is 20.1 Å². The molecule has 100 valence electrons. The van der Waals surface area contributed by atoms with Crippen LogP contribution in [0, 0.1) is 5.41 Å². The van der Waals surface area contributed by atoms with Crippen LogP contribution in [0.4, 0.5) is 5.82 Å². The Balaban J connectivity index is 1.98. The molecule has 18 heavy (non-hydrogen) atoms. The van der Waals surface area contributed by atoms with E-state index in [4.69, 9.17) is 0 Å². The fraction of sp³-hybridized carbons (Fsp3) is 0.667. The van der Waals surface area contributed by atoms with Crippen LogP contribution in [0.15, 0.2) is 18.2 Å². The zero-order valence-electron chi connectivity index (χ0n) is 11.9. The van der Waals surface area contributed by atoms with Gasteiger partial charge in [-0.05, 0) is 43.4 Å². The number of nitrogens with zero attached hydrogens (tertiary/aromatic N) is 2. The molecule has 2 heterocycles. The molecule has 0 atom stereocenters. The van der Waals surface area contributed by atoms with Crippen LogP contribution in [0.1, 0.15) is 38.8 Å². The summed E-state index contributed by atoms with van der Waals surface area (Å²) in [5.41, 5.74) is 1.73. The Labute approximate surface area is 111 Å². The molecule has 0 unspecified atom stereocenters. The summed E-state index contributed by atoms with van der Waals surface area (Å²) in [5.74, 6) is 0.962. The van der Waals surface area contributed by atoms with E-state index in [1.54, 1.807) is 0 Å². The average Bonchev–Trinajstić information content (AvgIpc) is 2.83. The normalized spacial score (nSPS) is 19.1. The lowest BCUT2D eigenvalue weighted by molar-refractivity contribution is 0.235.